The Morgan fingerprint density at radius 1 is 1.22 bits per heavy atom. The Labute approximate surface area is 161 Å². The molecule has 1 aromatic carbocycles. The van der Waals surface area contributed by atoms with E-state index in [1.54, 1.807) is 16.2 Å². The monoisotopic (exact) mass is 391 g/mol. The Kier molecular flexibility index (Phi) is 6.25. The van der Waals surface area contributed by atoms with Crippen molar-refractivity contribution >= 4 is 22.9 Å². The molecule has 0 spiro atoms. The second kappa shape index (κ2) is 8.83. The molecule has 8 nitrogen and oxygen atoms in total. The molecule has 1 fully saturated rings. The normalized spacial score (nSPS) is 14.8. The lowest BCUT2D eigenvalue weighted by molar-refractivity contribution is -0.385. The van der Waals surface area contributed by atoms with Gasteiger partial charge in [-0.05, 0) is 17.5 Å². The van der Waals surface area contributed by atoms with Crippen molar-refractivity contribution in [1.82, 2.24) is 9.80 Å². The maximum Gasteiger partial charge on any atom is 0.273 e. The lowest BCUT2D eigenvalue weighted by atomic mass is 10.2. The van der Waals surface area contributed by atoms with E-state index in [0.717, 1.165) is 19.6 Å². The van der Waals surface area contributed by atoms with Gasteiger partial charge in [-0.15, -0.1) is 11.3 Å². The van der Waals surface area contributed by atoms with Crippen LogP contribution in [0.1, 0.15) is 4.88 Å². The molecule has 1 aliphatic heterocycles. The van der Waals surface area contributed by atoms with E-state index < -0.39 is 4.92 Å². The zero-order valence-electron chi connectivity index (χ0n) is 15.0. The van der Waals surface area contributed by atoms with Crippen molar-refractivity contribution in [2.75, 3.05) is 39.9 Å². The quantitative estimate of drug-likeness (QED) is 0.532. The summed E-state index contributed by atoms with van der Waals surface area (Å²) >= 11 is 1.73. The minimum Gasteiger partial charge on any atom is -0.493 e. The van der Waals surface area contributed by atoms with Gasteiger partial charge in [0.15, 0.2) is 18.1 Å². The number of amides is 1. The van der Waals surface area contributed by atoms with Crippen LogP contribution in [0.25, 0.3) is 0 Å². The van der Waals surface area contributed by atoms with Crippen molar-refractivity contribution in [3.8, 4) is 11.5 Å². The average molecular weight is 391 g/mol. The van der Waals surface area contributed by atoms with Gasteiger partial charge in [-0.2, -0.15) is 0 Å². The number of nitrogens with zero attached hydrogens (tertiary/aromatic N) is 3. The third-order valence-corrected chi connectivity index (χ3v) is 5.25. The maximum absolute atomic E-state index is 12.4. The summed E-state index contributed by atoms with van der Waals surface area (Å²) in [5, 5.41) is 13.0. The van der Waals surface area contributed by atoms with Gasteiger partial charge in [0, 0.05) is 43.7 Å². The van der Waals surface area contributed by atoms with E-state index >= 15 is 0 Å². The number of piperazine rings is 1. The fraction of sp³-hybridized carbons (Fsp3) is 0.389. The highest BCUT2D eigenvalue weighted by molar-refractivity contribution is 7.09. The molecule has 1 amide bonds. The van der Waals surface area contributed by atoms with Crippen LogP contribution >= 0.6 is 11.3 Å². The number of nitro groups is 1. The van der Waals surface area contributed by atoms with Crippen LogP contribution in [0.15, 0.2) is 35.7 Å². The van der Waals surface area contributed by atoms with Gasteiger partial charge in [-0.1, -0.05) is 6.07 Å². The van der Waals surface area contributed by atoms with Crippen molar-refractivity contribution in [2.45, 2.75) is 6.54 Å². The fourth-order valence-corrected chi connectivity index (χ4v) is 3.65. The molecule has 3 rings (SSSR count). The van der Waals surface area contributed by atoms with Gasteiger partial charge in [0.05, 0.1) is 18.1 Å². The molecule has 0 unspecified atom stereocenters. The average Bonchev–Trinajstić information content (AvgIpc) is 3.19. The smallest absolute Gasteiger partial charge is 0.273 e. The molecular formula is C18H21N3O5S. The summed E-state index contributed by atoms with van der Waals surface area (Å²) in [6.07, 6.45) is 0. The summed E-state index contributed by atoms with van der Waals surface area (Å²) < 4.78 is 10.7. The summed E-state index contributed by atoms with van der Waals surface area (Å²) in [5.41, 5.74) is -0.111. The first-order valence-electron chi connectivity index (χ1n) is 8.54. The third kappa shape index (κ3) is 4.95. The summed E-state index contributed by atoms with van der Waals surface area (Å²) in [6, 6.07) is 8.22. The van der Waals surface area contributed by atoms with Crippen molar-refractivity contribution in [3.05, 3.63) is 50.7 Å². The second-order valence-electron chi connectivity index (χ2n) is 6.12. The minimum atomic E-state index is -0.513. The molecule has 27 heavy (non-hydrogen) atoms. The topological polar surface area (TPSA) is 85.2 Å². The highest BCUT2D eigenvalue weighted by atomic mass is 32.1. The van der Waals surface area contributed by atoms with Gasteiger partial charge in [-0.3, -0.25) is 19.8 Å². The van der Waals surface area contributed by atoms with E-state index in [1.165, 1.54) is 30.2 Å². The van der Waals surface area contributed by atoms with Crippen LogP contribution in [0.3, 0.4) is 0 Å². The molecule has 0 aliphatic carbocycles. The van der Waals surface area contributed by atoms with E-state index in [1.807, 2.05) is 6.07 Å². The van der Waals surface area contributed by atoms with Crippen LogP contribution in [0.4, 0.5) is 5.69 Å². The highest BCUT2D eigenvalue weighted by Gasteiger charge is 2.22. The highest BCUT2D eigenvalue weighted by Crippen LogP contribution is 2.31. The molecule has 0 N–H and O–H groups in total. The van der Waals surface area contributed by atoms with E-state index in [2.05, 4.69) is 16.3 Å². The number of thiophene rings is 1. The number of non-ortho nitro benzene ring substituents is 1. The molecule has 0 radical (unpaired) electrons. The molecule has 2 heterocycles. The largest absolute Gasteiger partial charge is 0.493 e. The van der Waals surface area contributed by atoms with Gasteiger partial charge in [-0.25, -0.2) is 0 Å². The predicted octanol–water partition coefficient (Wildman–Crippen LogP) is 2.39. The Bertz CT molecular complexity index is 788. The minimum absolute atomic E-state index is 0.111. The Morgan fingerprint density at radius 2 is 2.00 bits per heavy atom. The maximum atomic E-state index is 12.4. The number of methoxy groups -OCH3 is 1. The first-order valence-corrected chi connectivity index (χ1v) is 9.42. The molecule has 1 aliphatic rings. The number of benzene rings is 1. The van der Waals surface area contributed by atoms with Crippen LogP contribution in [-0.4, -0.2) is 60.5 Å². The molecule has 144 valence electrons. The SMILES string of the molecule is COc1ccc([N+](=O)[O-])cc1OCC(=O)N1CCN(Cc2cccs2)CC1. The van der Waals surface area contributed by atoms with E-state index in [-0.39, 0.29) is 24.0 Å². The van der Waals surface area contributed by atoms with Crippen molar-refractivity contribution in [3.63, 3.8) is 0 Å². The number of rotatable bonds is 7. The van der Waals surface area contributed by atoms with Gasteiger partial charge in [0.2, 0.25) is 0 Å². The summed E-state index contributed by atoms with van der Waals surface area (Å²) in [4.78, 5) is 28.2. The summed E-state index contributed by atoms with van der Waals surface area (Å²) in [7, 11) is 1.45. The molecular weight excluding hydrogens is 370 g/mol. The Hall–Kier alpha value is -2.65. The Balaban J connectivity index is 1.51. The van der Waals surface area contributed by atoms with Gasteiger partial charge < -0.3 is 14.4 Å². The third-order valence-electron chi connectivity index (χ3n) is 4.39. The van der Waals surface area contributed by atoms with Crippen LogP contribution in [0, 0.1) is 10.1 Å². The van der Waals surface area contributed by atoms with Crippen molar-refractivity contribution in [2.24, 2.45) is 0 Å². The van der Waals surface area contributed by atoms with Crippen LogP contribution in [-0.2, 0) is 11.3 Å². The molecule has 0 saturated carbocycles. The zero-order chi connectivity index (χ0) is 19.2. The molecule has 0 atom stereocenters. The van der Waals surface area contributed by atoms with Gasteiger partial charge in [0.25, 0.3) is 11.6 Å². The van der Waals surface area contributed by atoms with E-state index in [0.29, 0.717) is 18.8 Å². The first-order chi connectivity index (χ1) is 13.1. The standard InChI is InChI=1S/C18H21N3O5S/c1-25-16-5-4-14(21(23)24)11-17(16)26-13-18(22)20-8-6-19(7-9-20)12-15-3-2-10-27-15/h2-5,10-11H,6-9,12-13H2,1H3. The number of nitro benzene ring substituents is 1. The lowest BCUT2D eigenvalue weighted by Gasteiger charge is -2.34. The van der Waals surface area contributed by atoms with Gasteiger partial charge in [0.1, 0.15) is 0 Å². The lowest BCUT2D eigenvalue weighted by Crippen LogP contribution is -2.49. The number of carbonyl (C=O) groups excluding carboxylic acids is 1. The number of hydrogen-bond donors (Lipinski definition) is 0. The zero-order valence-corrected chi connectivity index (χ0v) is 15.8. The molecule has 1 aromatic heterocycles. The molecule has 0 bridgehead atoms. The molecule has 1 saturated heterocycles. The van der Waals surface area contributed by atoms with Crippen LogP contribution < -0.4 is 9.47 Å². The van der Waals surface area contributed by atoms with Crippen molar-refractivity contribution < 1.29 is 19.2 Å². The molecule has 9 heteroatoms. The first kappa shape index (κ1) is 19.1. The summed E-state index contributed by atoms with van der Waals surface area (Å²) in [6.45, 7) is 3.62. The van der Waals surface area contributed by atoms with Crippen LogP contribution in [0.2, 0.25) is 0 Å². The van der Waals surface area contributed by atoms with Crippen LogP contribution in [0.5, 0.6) is 11.5 Å². The molecule has 2 aromatic rings. The number of carbonyl (C=O) groups is 1. The predicted molar refractivity (Wildman–Crippen MR) is 101 cm³/mol. The van der Waals surface area contributed by atoms with E-state index in [9.17, 15) is 14.9 Å². The summed E-state index contributed by atoms with van der Waals surface area (Å²) in [5.74, 6) is 0.407. The fourth-order valence-electron chi connectivity index (χ4n) is 2.90. The van der Waals surface area contributed by atoms with Gasteiger partial charge >= 0.3 is 0 Å². The second-order valence-corrected chi connectivity index (χ2v) is 7.15. The number of ether oxygens (including phenoxy) is 2. The van der Waals surface area contributed by atoms with Crippen molar-refractivity contribution in [1.29, 1.82) is 0 Å². The number of hydrogen-bond acceptors (Lipinski definition) is 7. The Morgan fingerprint density at radius 3 is 2.63 bits per heavy atom. The van der Waals surface area contributed by atoms with E-state index in [4.69, 9.17) is 9.47 Å².